The Morgan fingerprint density at radius 2 is 2.18 bits per heavy atom. The fourth-order valence-electron chi connectivity index (χ4n) is 0.612. The van der Waals surface area contributed by atoms with E-state index < -0.39 is 0 Å². The van der Waals surface area contributed by atoms with Gasteiger partial charge in [-0.2, -0.15) is 0 Å². The fraction of sp³-hybridized carbons (Fsp3) is 0.222. The van der Waals surface area contributed by atoms with Crippen LogP contribution in [0.4, 0.5) is 0 Å². The molecule has 2 heteroatoms. The first-order chi connectivity index (χ1) is 5.26. The van der Waals surface area contributed by atoms with Gasteiger partial charge >= 0.3 is 0 Å². The zero-order chi connectivity index (χ0) is 8.69. The van der Waals surface area contributed by atoms with Crippen LogP contribution in [0.1, 0.15) is 6.92 Å². The molecule has 0 aliphatic heterocycles. The molecule has 2 nitrogen and oxygen atoms in total. The van der Waals surface area contributed by atoms with Crippen LogP contribution in [0.2, 0.25) is 0 Å². The van der Waals surface area contributed by atoms with Crippen LogP contribution in [0.3, 0.4) is 0 Å². The van der Waals surface area contributed by atoms with Crippen molar-refractivity contribution in [1.29, 1.82) is 0 Å². The molecule has 0 atom stereocenters. The summed E-state index contributed by atoms with van der Waals surface area (Å²) < 4.78 is 0. The van der Waals surface area contributed by atoms with Gasteiger partial charge < -0.3 is 4.84 Å². The minimum atomic E-state index is 0.658. The molecule has 0 radical (unpaired) electrons. The molecule has 0 saturated carbocycles. The molecule has 0 fully saturated rings. The van der Waals surface area contributed by atoms with Gasteiger partial charge in [-0.05, 0) is 18.6 Å². The van der Waals surface area contributed by atoms with Gasteiger partial charge in [0.05, 0.1) is 0 Å². The largest absolute Gasteiger partial charge is 0.399 e. The lowest BCUT2D eigenvalue weighted by atomic mass is 10.2. The molecule has 0 aromatic carbocycles. The quantitative estimate of drug-likeness (QED) is 0.343. The molecule has 0 aliphatic rings. The van der Waals surface area contributed by atoms with Crippen LogP contribution in [-0.2, 0) is 4.84 Å². The molecule has 0 aliphatic carbocycles. The standard InChI is InChI=1S/C9H13NO/c1-5-7-8(3)9(6-2)10-11-4/h5-7H,2-3H2,1,4H3/b7-5-,10-9-. The van der Waals surface area contributed by atoms with Crippen LogP contribution < -0.4 is 0 Å². The van der Waals surface area contributed by atoms with E-state index in [0.717, 1.165) is 5.57 Å². The molecule has 0 rings (SSSR count). The SMILES string of the molecule is C=C/C(=N/OC)C(=C)/C=C\C. The highest BCUT2D eigenvalue weighted by Gasteiger charge is 1.94. The summed E-state index contributed by atoms with van der Waals surface area (Å²) in [5.74, 6) is 0. The summed E-state index contributed by atoms with van der Waals surface area (Å²) >= 11 is 0. The Hall–Kier alpha value is -1.31. The zero-order valence-corrected chi connectivity index (χ0v) is 7.00. The molecule has 11 heavy (non-hydrogen) atoms. The molecule has 60 valence electrons. The Morgan fingerprint density at radius 1 is 1.55 bits per heavy atom. The molecule has 0 N–H and O–H groups in total. The number of rotatable bonds is 4. The number of nitrogens with zero attached hydrogens (tertiary/aromatic N) is 1. The molecule has 0 amide bonds. The Balaban J connectivity index is 4.38. The van der Waals surface area contributed by atoms with Crippen molar-refractivity contribution in [1.82, 2.24) is 0 Å². The van der Waals surface area contributed by atoms with E-state index in [1.165, 1.54) is 7.11 Å². The number of hydrogen-bond donors (Lipinski definition) is 0. The van der Waals surface area contributed by atoms with E-state index in [-0.39, 0.29) is 0 Å². The molecule has 0 aromatic heterocycles. The number of oxime groups is 1. The summed E-state index contributed by atoms with van der Waals surface area (Å²) in [5.41, 5.74) is 1.45. The molecule has 0 aromatic rings. The lowest BCUT2D eigenvalue weighted by molar-refractivity contribution is 0.214. The molecule has 0 saturated heterocycles. The van der Waals surface area contributed by atoms with Crippen molar-refractivity contribution in [2.24, 2.45) is 5.16 Å². The average Bonchev–Trinajstić information content (AvgIpc) is 2.00. The highest BCUT2D eigenvalue weighted by molar-refractivity contribution is 6.09. The maximum Gasteiger partial charge on any atom is 0.108 e. The van der Waals surface area contributed by atoms with Gasteiger partial charge in [-0.25, -0.2) is 0 Å². The molecular formula is C9H13NO. The van der Waals surface area contributed by atoms with Crippen LogP contribution in [0.25, 0.3) is 0 Å². The third kappa shape index (κ3) is 3.40. The summed E-state index contributed by atoms with van der Waals surface area (Å²) in [6, 6.07) is 0. The predicted molar refractivity (Wildman–Crippen MR) is 48.6 cm³/mol. The predicted octanol–water partition coefficient (Wildman–Crippen LogP) is 2.31. The minimum Gasteiger partial charge on any atom is -0.399 e. The van der Waals surface area contributed by atoms with Crippen molar-refractivity contribution < 1.29 is 4.84 Å². The molecule has 0 bridgehead atoms. The third-order valence-corrected chi connectivity index (χ3v) is 1.08. The first-order valence-corrected chi connectivity index (χ1v) is 3.31. The van der Waals surface area contributed by atoms with E-state index in [1.54, 1.807) is 6.08 Å². The van der Waals surface area contributed by atoms with E-state index in [1.807, 2.05) is 19.1 Å². The van der Waals surface area contributed by atoms with Gasteiger partial charge in [0.1, 0.15) is 12.8 Å². The topological polar surface area (TPSA) is 21.6 Å². The van der Waals surface area contributed by atoms with Gasteiger partial charge in [-0.15, -0.1) is 0 Å². The summed E-state index contributed by atoms with van der Waals surface area (Å²) in [7, 11) is 1.49. The summed E-state index contributed by atoms with van der Waals surface area (Å²) in [6.07, 6.45) is 5.34. The summed E-state index contributed by atoms with van der Waals surface area (Å²) in [6.45, 7) is 9.26. The second-order valence-electron chi connectivity index (χ2n) is 1.89. The van der Waals surface area contributed by atoms with Crippen molar-refractivity contribution in [2.75, 3.05) is 7.11 Å². The first-order valence-electron chi connectivity index (χ1n) is 3.31. The van der Waals surface area contributed by atoms with E-state index in [9.17, 15) is 0 Å². The maximum absolute atomic E-state index is 4.58. The summed E-state index contributed by atoms with van der Waals surface area (Å²) in [4.78, 5) is 4.58. The number of hydrogen-bond acceptors (Lipinski definition) is 2. The molecular weight excluding hydrogens is 138 g/mol. The van der Waals surface area contributed by atoms with E-state index in [0.29, 0.717) is 5.71 Å². The smallest absolute Gasteiger partial charge is 0.108 e. The second-order valence-corrected chi connectivity index (χ2v) is 1.89. The molecule has 0 heterocycles. The van der Waals surface area contributed by atoms with Crippen LogP contribution in [0, 0.1) is 0 Å². The normalized spacial score (nSPS) is 11.6. The minimum absolute atomic E-state index is 0.658. The first kappa shape index (κ1) is 9.69. The van der Waals surface area contributed by atoms with Crippen LogP contribution >= 0.6 is 0 Å². The van der Waals surface area contributed by atoms with E-state index >= 15 is 0 Å². The average molecular weight is 151 g/mol. The van der Waals surface area contributed by atoms with Gasteiger partial charge in [0, 0.05) is 0 Å². The lowest BCUT2D eigenvalue weighted by Gasteiger charge is -1.97. The Labute approximate surface area is 67.6 Å². The van der Waals surface area contributed by atoms with Crippen LogP contribution in [-0.4, -0.2) is 12.8 Å². The third-order valence-electron chi connectivity index (χ3n) is 1.08. The summed E-state index contributed by atoms with van der Waals surface area (Å²) in [5, 5.41) is 3.71. The van der Waals surface area contributed by atoms with Crippen LogP contribution in [0.5, 0.6) is 0 Å². The van der Waals surface area contributed by atoms with Gasteiger partial charge in [-0.3, -0.25) is 0 Å². The van der Waals surface area contributed by atoms with Crippen molar-refractivity contribution in [3.8, 4) is 0 Å². The monoisotopic (exact) mass is 151 g/mol. The Bertz CT molecular complexity index is 202. The second kappa shape index (κ2) is 5.47. The highest BCUT2D eigenvalue weighted by Crippen LogP contribution is 1.98. The van der Waals surface area contributed by atoms with Gasteiger partial charge in [-0.1, -0.05) is 30.5 Å². The molecule has 0 spiro atoms. The molecule has 0 unspecified atom stereocenters. The lowest BCUT2D eigenvalue weighted by Crippen LogP contribution is -1.95. The van der Waals surface area contributed by atoms with Crippen molar-refractivity contribution in [2.45, 2.75) is 6.92 Å². The van der Waals surface area contributed by atoms with Crippen LogP contribution in [0.15, 0.2) is 42.1 Å². The fourth-order valence-corrected chi connectivity index (χ4v) is 0.612. The Kier molecular flexibility index (Phi) is 4.82. The number of allylic oxidation sites excluding steroid dienone is 4. The van der Waals surface area contributed by atoms with Crippen molar-refractivity contribution >= 4 is 5.71 Å². The van der Waals surface area contributed by atoms with Crippen molar-refractivity contribution in [3.05, 3.63) is 37.0 Å². The van der Waals surface area contributed by atoms with E-state index in [4.69, 9.17) is 0 Å². The highest BCUT2D eigenvalue weighted by atomic mass is 16.6. The van der Waals surface area contributed by atoms with Gasteiger partial charge in [0.25, 0.3) is 0 Å². The van der Waals surface area contributed by atoms with Crippen molar-refractivity contribution in [3.63, 3.8) is 0 Å². The zero-order valence-electron chi connectivity index (χ0n) is 7.00. The van der Waals surface area contributed by atoms with E-state index in [2.05, 4.69) is 23.2 Å². The maximum atomic E-state index is 4.58. The van der Waals surface area contributed by atoms with Gasteiger partial charge in [0.15, 0.2) is 0 Å². The Morgan fingerprint density at radius 3 is 2.55 bits per heavy atom. The van der Waals surface area contributed by atoms with Gasteiger partial charge in [0.2, 0.25) is 0 Å².